The Morgan fingerprint density at radius 2 is 2.03 bits per heavy atom. The third kappa shape index (κ3) is 6.04. The molecule has 0 atom stereocenters. The van der Waals surface area contributed by atoms with E-state index in [1.807, 2.05) is 0 Å². The predicted octanol–water partition coefficient (Wildman–Crippen LogP) is 3.73. The van der Waals surface area contributed by atoms with Crippen molar-refractivity contribution in [3.8, 4) is 11.3 Å². The van der Waals surface area contributed by atoms with E-state index in [0.29, 0.717) is 53.2 Å². The number of nitrogens with zero attached hydrogens (tertiary/aromatic N) is 5. The summed E-state index contributed by atoms with van der Waals surface area (Å²) in [6, 6.07) is 9.53. The van der Waals surface area contributed by atoms with E-state index in [-0.39, 0.29) is 17.1 Å². The first-order chi connectivity index (χ1) is 17.8. The molecular formula is C26H29ClFN7O2. The van der Waals surface area contributed by atoms with Crippen LogP contribution < -0.4 is 10.6 Å². The van der Waals surface area contributed by atoms with Gasteiger partial charge in [-0.1, -0.05) is 11.6 Å². The van der Waals surface area contributed by atoms with Crippen LogP contribution in [-0.4, -0.2) is 82.9 Å². The third-order valence-corrected chi connectivity index (χ3v) is 6.82. The topological polar surface area (TPSA) is 95.5 Å². The number of anilines is 3. The molecule has 4 heterocycles. The first-order valence-corrected chi connectivity index (χ1v) is 12.5. The fraction of sp³-hybridized carbons (Fsp3) is 0.385. The number of morpholine rings is 1. The van der Waals surface area contributed by atoms with Gasteiger partial charge in [0.15, 0.2) is 0 Å². The zero-order chi connectivity index (χ0) is 26.0. The quantitative estimate of drug-likeness (QED) is 0.482. The lowest BCUT2D eigenvalue weighted by atomic mass is 9.92. The molecule has 1 aromatic carbocycles. The molecule has 2 fully saturated rings. The van der Waals surface area contributed by atoms with Gasteiger partial charge in [-0.2, -0.15) is 10.2 Å². The van der Waals surface area contributed by atoms with Gasteiger partial charge in [-0.05, 0) is 44.3 Å². The largest absolute Gasteiger partial charge is 0.370 e. The molecule has 1 spiro atoms. The first kappa shape index (κ1) is 25.5. The fourth-order valence-corrected chi connectivity index (χ4v) is 5.02. The summed E-state index contributed by atoms with van der Waals surface area (Å²) >= 11 is 6.04. The summed E-state index contributed by atoms with van der Waals surface area (Å²) in [7, 11) is 2.08. The highest BCUT2D eigenvalue weighted by atomic mass is 35.5. The van der Waals surface area contributed by atoms with E-state index >= 15 is 0 Å². The lowest BCUT2D eigenvalue weighted by Crippen LogP contribution is -2.69. The molecule has 194 valence electrons. The van der Waals surface area contributed by atoms with Crippen LogP contribution in [0.15, 0.2) is 42.6 Å². The van der Waals surface area contributed by atoms with Gasteiger partial charge in [0.1, 0.15) is 17.2 Å². The molecule has 37 heavy (non-hydrogen) atoms. The van der Waals surface area contributed by atoms with Gasteiger partial charge in [0.05, 0.1) is 23.7 Å². The number of likely N-dealkylation sites (N-methyl/N-ethyl adjacent to an activating group) is 1. The average molecular weight is 526 g/mol. The monoisotopic (exact) mass is 525 g/mol. The molecule has 0 saturated carbocycles. The smallest absolute Gasteiger partial charge is 0.226 e. The van der Waals surface area contributed by atoms with Crippen LogP contribution in [0.5, 0.6) is 0 Å². The van der Waals surface area contributed by atoms with Crippen molar-refractivity contribution >= 4 is 34.7 Å². The maximum atomic E-state index is 14.3. The molecular weight excluding hydrogens is 497 g/mol. The Labute approximate surface area is 220 Å². The highest BCUT2D eigenvalue weighted by Gasteiger charge is 2.45. The van der Waals surface area contributed by atoms with Crippen LogP contribution in [-0.2, 0) is 9.53 Å². The highest BCUT2D eigenvalue weighted by molar-refractivity contribution is 6.30. The van der Waals surface area contributed by atoms with Crippen LogP contribution in [0.25, 0.3) is 11.3 Å². The van der Waals surface area contributed by atoms with Crippen LogP contribution in [0.4, 0.5) is 21.6 Å². The summed E-state index contributed by atoms with van der Waals surface area (Å²) in [6.45, 7) is 6.71. The number of rotatable bonds is 7. The zero-order valence-electron chi connectivity index (χ0n) is 20.8. The molecule has 0 bridgehead atoms. The predicted molar refractivity (Wildman–Crippen MR) is 141 cm³/mol. The number of nitrogens with one attached hydrogen (secondary N) is 2. The SMILES string of the molecule is Cc1nnc(-c2cc(Cl)ccc2F)cc1Nc1ccnc(NC(=O)CCN2CCOC3(CN(C)C3)C2)c1. The zero-order valence-corrected chi connectivity index (χ0v) is 21.6. The summed E-state index contributed by atoms with van der Waals surface area (Å²) in [5.41, 5.74) is 2.52. The molecule has 2 aliphatic rings. The number of halogens is 2. The minimum Gasteiger partial charge on any atom is -0.370 e. The molecule has 5 rings (SSSR count). The molecule has 11 heteroatoms. The Bertz CT molecular complexity index is 1300. The summed E-state index contributed by atoms with van der Waals surface area (Å²) in [5.74, 6) is -0.0964. The van der Waals surface area contributed by atoms with Crippen molar-refractivity contribution < 1.29 is 13.9 Å². The second kappa shape index (κ2) is 10.7. The van der Waals surface area contributed by atoms with Crippen molar-refractivity contribution in [1.82, 2.24) is 25.0 Å². The van der Waals surface area contributed by atoms with E-state index < -0.39 is 5.82 Å². The normalized spacial score (nSPS) is 17.4. The number of carbonyl (C=O) groups excluding carboxylic acids is 1. The number of ether oxygens (including phenoxy) is 1. The highest BCUT2D eigenvalue weighted by Crippen LogP contribution is 2.29. The van der Waals surface area contributed by atoms with Crippen molar-refractivity contribution in [2.45, 2.75) is 18.9 Å². The minimum atomic E-state index is -0.435. The van der Waals surface area contributed by atoms with E-state index in [2.05, 4.69) is 42.7 Å². The second-order valence-electron chi connectivity index (χ2n) is 9.69. The van der Waals surface area contributed by atoms with E-state index in [1.54, 1.807) is 31.3 Å². The van der Waals surface area contributed by atoms with Gasteiger partial charge in [-0.15, -0.1) is 0 Å². The summed E-state index contributed by atoms with van der Waals surface area (Å²) in [6.07, 6.45) is 1.98. The number of carbonyl (C=O) groups is 1. The second-order valence-corrected chi connectivity index (χ2v) is 10.1. The minimum absolute atomic E-state index is 0.0800. The Hall–Kier alpha value is -3.18. The van der Waals surface area contributed by atoms with Gasteiger partial charge in [-0.25, -0.2) is 9.37 Å². The first-order valence-electron chi connectivity index (χ1n) is 12.2. The van der Waals surface area contributed by atoms with Crippen molar-refractivity contribution in [3.63, 3.8) is 0 Å². The molecule has 1 amide bonds. The summed E-state index contributed by atoms with van der Waals surface area (Å²) in [5, 5.41) is 14.8. The molecule has 2 aliphatic heterocycles. The molecule has 0 unspecified atom stereocenters. The van der Waals surface area contributed by atoms with Crippen LogP contribution in [0, 0.1) is 12.7 Å². The van der Waals surface area contributed by atoms with E-state index in [9.17, 15) is 9.18 Å². The van der Waals surface area contributed by atoms with Crippen LogP contribution in [0.1, 0.15) is 12.1 Å². The molecule has 2 saturated heterocycles. The molecule has 2 aromatic heterocycles. The Balaban J connectivity index is 1.20. The number of likely N-dealkylation sites (tertiary alicyclic amines) is 1. The van der Waals surface area contributed by atoms with Gasteiger partial charge in [-0.3, -0.25) is 9.69 Å². The summed E-state index contributed by atoms with van der Waals surface area (Å²) in [4.78, 5) is 21.4. The van der Waals surface area contributed by atoms with Crippen molar-refractivity contribution in [2.75, 3.05) is 57.0 Å². The fourth-order valence-electron chi connectivity index (χ4n) is 4.84. The number of amides is 1. The molecule has 2 N–H and O–H groups in total. The van der Waals surface area contributed by atoms with E-state index in [1.165, 1.54) is 18.2 Å². The maximum absolute atomic E-state index is 14.3. The van der Waals surface area contributed by atoms with Crippen molar-refractivity contribution in [1.29, 1.82) is 0 Å². The van der Waals surface area contributed by atoms with Crippen molar-refractivity contribution in [3.05, 3.63) is 59.1 Å². The van der Waals surface area contributed by atoms with Crippen molar-refractivity contribution in [2.24, 2.45) is 0 Å². The molecule has 0 aliphatic carbocycles. The third-order valence-electron chi connectivity index (χ3n) is 6.59. The lowest BCUT2D eigenvalue weighted by molar-refractivity contribution is -0.177. The molecule has 3 aromatic rings. The van der Waals surface area contributed by atoms with Gasteiger partial charge >= 0.3 is 0 Å². The number of aryl methyl sites for hydroxylation is 1. The van der Waals surface area contributed by atoms with Crippen LogP contribution >= 0.6 is 11.6 Å². The van der Waals surface area contributed by atoms with Crippen LogP contribution in [0.2, 0.25) is 5.02 Å². The number of benzene rings is 1. The average Bonchev–Trinajstić information content (AvgIpc) is 2.85. The van der Waals surface area contributed by atoms with E-state index in [4.69, 9.17) is 16.3 Å². The Morgan fingerprint density at radius 3 is 2.84 bits per heavy atom. The van der Waals surface area contributed by atoms with Crippen LogP contribution in [0.3, 0.4) is 0 Å². The number of hydrogen-bond donors (Lipinski definition) is 2. The van der Waals surface area contributed by atoms with Gasteiger partial charge < -0.3 is 20.3 Å². The van der Waals surface area contributed by atoms with Gasteiger partial charge in [0, 0.05) is 67.7 Å². The summed E-state index contributed by atoms with van der Waals surface area (Å²) < 4.78 is 20.3. The molecule has 9 nitrogen and oxygen atoms in total. The Kier molecular flexibility index (Phi) is 7.34. The number of pyridine rings is 1. The van der Waals surface area contributed by atoms with E-state index in [0.717, 1.165) is 26.2 Å². The van der Waals surface area contributed by atoms with Gasteiger partial charge in [0.25, 0.3) is 0 Å². The lowest BCUT2D eigenvalue weighted by Gasteiger charge is -2.52. The Morgan fingerprint density at radius 1 is 1.19 bits per heavy atom. The number of hydrogen-bond acceptors (Lipinski definition) is 8. The van der Waals surface area contributed by atoms with Gasteiger partial charge in [0.2, 0.25) is 5.91 Å². The standard InChI is InChI=1S/C26H29ClFN7O2/c1-17-22(13-23(33-32-17)20-11-18(27)3-4-21(20)28)30-19-5-7-29-24(12-19)31-25(36)6-8-35-9-10-37-26(16-35)14-34(2)15-26/h3-5,7,11-13H,6,8-10,14-16H2,1-2H3,(H2,29,30,31,33,36). The number of aromatic nitrogens is 3. The molecule has 0 radical (unpaired) electrons. The maximum Gasteiger partial charge on any atom is 0.226 e.